The van der Waals surface area contributed by atoms with Crippen LogP contribution in [0.4, 0.5) is 0 Å². The second kappa shape index (κ2) is 6.67. The van der Waals surface area contributed by atoms with Crippen LogP contribution in [0.2, 0.25) is 0 Å². The van der Waals surface area contributed by atoms with E-state index < -0.39 is 0 Å². The van der Waals surface area contributed by atoms with Gasteiger partial charge in [-0.2, -0.15) is 0 Å². The summed E-state index contributed by atoms with van der Waals surface area (Å²) in [5.74, 6) is 4.12. The van der Waals surface area contributed by atoms with Gasteiger partial charge in [0.15, 0.2) is 0 Å². The zero-order valence-electron chi connectivity index (χ0n) is 14.4. The van der Waals surface area contributed by atoms with Crippen molar-refractivity contribution in [1.82, 2.24) is 0 Å². The molecule has 3 rings (SSSR count). The predicted octanol–water partition coefficient (Wildman–Crippen LogP) is 6.61. The maximum Gasteiger partial charge on any atom is -0.0258 e. The van der Waals surface area contributed by atoms with Crippen LogP contribution in [0.25, 0.3) is 0 Å². The molecular weight excluding hydrogens is 240 g/mol. The first-order chi connectivity index (χ1) is 9.60. The van der Waals surface area contributed by atoms with E-state index in [1.165, 1.54) is 57.8 Å². The molecule has 20 heavy (non-hydrogen) atoms. The van der Waals surface area contributed by atoms with E-state index in [0.717, 1.165) is 23.7 Å². The minimum absolute atomic E-state index is 0.603. The van der Waals surface area contributed by atoms with Crippen molar-refractivity contribution < 1.29 is 0 Å². The highest BCUT2D eigenvalue weighted by Gasteiger charge is 2.48. The van der Waals surface area contributed by atoms with Crippen LogP contribution in [0.1, 0.15) is 85.5 Å². The van der Waals surface area contributed by atoms with Crippen molar-refractivity contribution in [2.45, 2.75) is 85.5 Å². The third-order valence-electron chi connectivity index (χ3n) is 6.64. The quantitative estimate of drug-likeness (QED) is 0.437. The summed E-state index contributed by atoms with van der Waals surface area (Å²) in [6, 6.07) is 0. The third kappa shape index (κ3) is 3.00. The van der Waals surface area contributed by atoms with Gasteiger partial charge in [-0.1, -0.05) is 52.7 Å². The molecule has 3 fully saturated rings. The molecule has 0 radical (unpaired) electrons. The van der Waals surface area contributed by atoms with Crippen molar-refractivity contribution in [2.75, 3.05) is 0 Å². The number of hydrogen-bond acceptors (Lipinski definition) is 0. The Bertz CT molecular complexity index is 329. The van der Waals surface area contributed by atoms with Crippen LogP contribution in [0, 0.1) is 29.1 Å². The van der Waals surface area contributed by atoms with E-state index in [1.807, 2.05) is 13.8 Å². The molecule has 3 aliphatic carbocycles. The van der Waals surface area contributed by atoms with Gasteiger partial charge in [-0.3, -0.25) is 0 Å². The number of fused-ring (bicyclic) bond motifs is 3. The smallest absolute Gasteiger partial charge is 0.0258 e. The second-order valence-corrected chi connectivity index (χ2v) is 7.85. The molecule has 116 valence electrons. The van der Waals surface area contributed by atoms with E-state index in [0.29, 0.717) is 5.41 Å². The maximum atomic E-state index is 4.33. The first-order valence-corrected chi connectivity index (χ1v) is 9.27. The van der Waals surface area contributed by atoms with E-state index in [-0.39, 0.29) is 0 Å². The summed E-state index contributed by atoms with van der Waals surface area (Å²) in [7, 11) is 0. The Hall–Kier alpha value is -0.260. The molecule has 0 aromatic heterocycles. The van der Waals surface area contributed by atoms with Gasteiger partial charge in [0.25, 0.3) is 0 Å². The second-order valence-electron chi connectivity index (χ2n) is 7.85. The van der Waals surface area contributed by atoms with E-state index in [2.05, 4.69) is 20.4 Å². The Morgan fingerprint density at radius 2 is 1.75 bits per heavy atom. The van der Waals surface area contributed by atoms with Gasteiger partial charge in [0.1, 0.15) is 0 Å². The molecule has 0 aliphatic heterocycles. The van der Waals surface area contributed by atoms with Crippen LogP contribution in [-0.2, 0) is 0 Å². The van der Waals surface area contributed by atoms with Crippen LogP contribution in [-0.4, -0.2) is 0 Å². The minimum atomic E-state index is 0.603. The zero-order valence-corrected chi connectivity index (χ0v) is 14.4. The standard InChI is InChI=1S/C18H30.C2H6/c1-13-6-4-9-17-16-8-5-7-14(2)15(16)10-11-18(17,3)12-13;1-2/h14-17H,1,4-12H2,2-3H3;1-2H3. The fourth-order valence-corrected chi connectivity index (χ4v) is 5.74. The Morgan fingerprint density at radius 3 is 2.50 bits per heavy atom. The molecule has 5 unspecified atom stereocenters. The van der Waals surface area contributed by atoms with E-state index in [4.69, 9.17) is 0 Å². The number of allylic oxidation sites excluding steroid dienone is 1. The first-order valence-electron chi connectivity index (χ1n) is 9.27. The summed E-state index contributed by atoms with van der Waals surface area (Å²) in [6.07, 6.45) is 13.0. The van der Waals surface area contributed by atoms with Crippen LogP contribution >= 0.6 is 0 Å². The van der Waals surface area contributed by atoms with Gasteiger partial charge < -0.3 is 0 Å². The van der Waals surface area contributed by atoms with Crippen molar-refractivity contribution in [1.29, 1.82) is 0 Å². The van der Waals surface area contributed by atoms with Gasteiger partial charge in [0.05, 0.1) is 0 Å². The molecule has 0 bridgehead atoms. The topological polar surface area (TPSA) is 0 Å². The first kappa shape index (κ1) is 16.1. The minimum Gasteiger partial charge on any atom is -0.0998 e. The van der Waals surface area contributed by atoms with Crippen molar-refractivity contribution in [2.24, 2.45) is 29.1 Å². The molecule has 0 heterocycles. The highest BCUT2D eigenvalue weighted by molar-refractivity contribution is 5.08. The summed E-state index contributed by atoms with van der Waals surface area (Å²) in [5.41, 5.74) is 2.15. The Kier molecular flexibility index (Phi) is 5.37. The zero-order chi connectivity index (χ0) is 14.8. The molecule has 0 heteroatoms. The van der Waals surface area contributed by atoms with Gasteiger partial charge in [-0.25, -0.2) is 0 Å². The average Bonchev–Trinajstić information content (AvgIpc) is 2.59. The fourth-order valence-electron chi connectivity index (χ4n) is 5.74. The normalized spacial score (nSPS) is 44.5. The fraction of sp³-hybridized carbons (Fsp3) is 0.900. The van der Waals surface area contributed by atoms with Crippen molar-refractivity contribution in [3.8, 4) is 0 Å². The molecule has 3 aliphatic rings. The van der Waals surface area contributed by atoms with Gasteiger partial charge >= 0.3 is 0 Å². The molecule has 0 saturated heterocycles. The van der Waals surface area contributed by atoms with Crippen molar-refractivity contribution >= 4 is 0 Å². The Balaban J connectivity index is 0.000000704. The lowest BCUT2D eigenvalue weighted by Gasteiger charge is -2.53. The van der Waals surface area contributed by atoms with Gasteiger partial charge in [-0.15, -0.1) is 0 Å². The molecule has 0 aromatic carbocycles. The molecule has 0 spiro atoms. The van der Waals surface area contributed by atoms with Crippen LogP contribution < -0.4 is 0 Å². The summed E-state index contributed by atoms with van der Waals surface area (Å²) in [4.78, 5) is 0. The van der Waals surface area contributed by atoms with Crippen LogP contribution in [0.3, 0.4) is 0 Å². The van der Waals surface area contributed by atoms with Gasteiger partial charge in [0.2, 0.25) is 0 Å². The Morgan fingerprint density at radius 1 is 1.00 bits per heavy atom. The van der Waals surface area contributed by atoms with Crippen molar-refractivity contribution in [3.05, 3.63) is 12.2 Å². The number of rotatable bonds is 0. The third-order valence-corrected chi connectivity index (χ3v) is 6.64. The van der Waals surface area contributed by atoms with Crippen molar-refractivity contribution in [3.63, 3.8) is 0 Å². The van der Waals surface area contributed by atoms with E-state index in [9.17, 15) is 0 Å². The lowest BCUT2D eigenvalue weighted by Crippen LogP contribution is -2.44. The van der Waals surface area contributed by atoms with Gasteiger partial charge in [0, 0.05) is 0 Å². The lowest BCUT2D eigenvalue weighted by molar-refractivity contribution is -0.0298. The lowest BCUT2D eigenvalue weighted by atomic mass is 9.52. The number of hydrogen-bond donors (Lipinski definition) is 0. The molecule has 0 amide bonds. The average molecular weight is 277 g/mol. The molecular formula is C20H36. The SMILES string of the molecule is C=C1CCCC2C3CCCC(C)C3CCC2(C)C1.CC. The molecule has 5 atom stereocenters. The molecule has 0 aromatic rings. The van der Waals surface area contributed by atoms with Gasteiger partial charge in [-0.05, 0) is 74.0 Å². The predicted molar refractivity (Wildman–Crippen MR) is 89.8 cm³/mol. The summed E-state index contributed by atoms with van der Waals surface area (Å²) >= 11 is 0. The maximum absolute atomic E-state index is 4.33. The molecule has 0 N–H and O–H groups in total. The summed E-state index contributed by atoms with van der Waals surface area (Å²) in [6.45, 7) is 13.4. The summed E-state index contributed by atoms with van der Waals surface area (Å²) < 4.78 is 0. The van der Waals surface area contributed by atoms with Crippen LogP contribution in [0.5, 0.6) is 0 Å². The molecule has 3 saturated carbocycles. The largest absolute Gasteiger partial charge is 0.0998 e. The molecule has 0 nitrogen and oxygen atoms in total. The van der Waals surface area contributed by atoms with Crippen LogP contribution in [0.15, 0.2) is 12.2 Å². The Labute approximate surface area is 127 Å². The van der Waals surface area contributed by atoms with E-state index in [1.54, 1.807) is 5.57 Å². The summed E-state index contributed by atoms with van der Waals surface area (Å²) in [5, 5.41) is 0. The highest BCUT2D eigenvalue weighted by Crippen LogP contribution is 2.58. The highest BCUT2D eigenvalue weighted by atomic mass is 14.5. The van der Waals surface area contributed by atoms with E-state index >= 15 is 0 Å². The monoisotopic (exact) mass is 276 g/mol.